The molecular weight excluding hydrogens is 318 g/mol. The Balaban J connectivity index is 2.09. The second-order valence-electron chi connectivity index (χ2n) is 6.27. The molecule has 0 spiro atoms. The van der Waals surface area contributed by atoms with E-state index in [1.165, 1.54) is 0 Å². The topological polar surface area (TPSA) is 75.6 Å². The molecule has 6 heteroatoms. The van der Waals surface area contributed by atoms with Gasteiger partial charge in [0.1, 0.15) is 11.3 Å². The summed E-state index contributed by atoms with van der Waals surface area (Å²) >= 11 is 6.14. The van der Waals surface area contributed by atoms with Crippen molar-refractivity contribution in [2.75, 3.05) is 7.11 Å². The van der Waals surface area contributed by atoms with E-state index in [-0.39, 0.29) is 18.2 Å². The number of ether oxygens (including phenoxy) is 1. The molecule has 1 fully saturated rings. The van der Waals surface area contributed by atoms with E-state index in [1.807, 2.05) is 6.92 Å². The second kappa shape index (κ2) is 7.21. The molecule has 5 nitrogen and oxygen atoms in total. The summed E-state index contributed by atoms with van der Waals surface area (Å²) < 4.78 is 5.07. The van der Waals surface area contributed by atoms with Gasteiger partial charge >= 0.3 is 5.97 Å². The van der Waals surface area contributed by atoms with Crippen LogP contribution >= 0.6 is 11.6 Å². The van der Waals surface area contributed by atoms with Crippen molar-refractivity contribution in [1.29, 1.82) is 0 Å². The molecule has 0 bridgehead atoms. The van der Waals surface area contributed by atoms with E-state index in [1.54, 1.807) is 25.3 Å². The monoisotopic (exact) mass is 339 g/mol. The lowest BCUT2D eigenvalue weighted by molar-refractivity contribution is -0.150. The minimum Gasteiger partial charge on any atom is -0.497 e. The fraction of sp³-hybridized carbons (Fsp3) is 0.529. The van der Waals surface area contributed by atoms with Gasteiger partial charge < -0.3 is 15.2 Å². The predicted molar refractivity (Wildman–Crippen MR) is 87.8 cm³/mol. The van der Waals surface area contributed by atoms with E-state index >= 15 is 0 Å². The Morgan fingerprint density at radius 1 is 1.48 bits per heavy atom. The Kier molecular flexibility index (Phi) is 5.52. The fourth-order valence-electron chi connectivity index (χ4n) is 3.19. The van der Waals surface area contributed by atoms with Crippen LogP contribution in [-0.4, -0.2) is 29.6 Å². The van der Waals surface area contributed by atoms with Crippen molar-refractivity contribution in [2.45, 2.75) is 44.6 Å². The molecule has 0 heterocycles. The number of rotatable bonds is 5. The maximum absolute atomic E-state index is 12.3. The van der Waals surface area contributed by atoms with Crippen LogP contribution in [0.15, 0.2) is 18.2 Å². The summed E-state index contributed by atoms with van der Waals surface area (Å²) in [5, 5.41) is 12.8. The number of hydrogen-bond acceptors (Lipinski definition) is 3. The van der Waals surface area contributed by atoms with E-state index in [2.05, 4.69) is 5.32 Å². The lowest BCUT2D eigenvalue weighted by atomic mass is 9.76. The standard InChI is InChI=1S/C17H22ClNO4/c1-11-4-3-7-17(10-11,16(21)22)19-15(20)8-12-5-6-13(23-2)9-14(12)18/h5-6,9,11H,3-4,7-8,10H2,1-2H3,(H,19,20)(H,21,22). The molecule has 0 aromatic heterocycles. The fourth-order valence-corrected chi connectivity index (χ4v) is 3.43. The highest BCUT2D eigenvalue weighted by molar-refractivity contribution is 6.31. The van der Waals surface area contributed by atoms with Gasteiger partial charge in [-0.15, -0.1) is 0 Å². The first kappa shape index (κ1) is 17.6. The summed E-state index contributed by atoms with van der Waals surface area (Å²) in [5.41, 5.74) is -0.511. The van der Waals surface area contributed by atoms with E-state index < -0.39 is 11.5 Å². The van der Waals surface area contributed by atoms with Crippen LogP contribution in [0.2, 0.25) is 5.02 Å². The zero-order valence-corrected chi connectivity index (χ0v) is 14.2. The highest BCUT2D eigenvalue weighted by Crippen LogP contribution is 2.33. The van der Waals surface area contributed by atoms with Crippen molar-refractivity contribution in [3.05, 3.63) is 28.8 Å². The highest BCUT2D eigenvalue weighted by atomic mass is 35.5. The minimum absolute atomic E-state index is 0.0479. The molecule has 0 saturated heterocycles. The molecule has 1 aromatic carbocycles. The van der Waals surface area contributed by atoms with Gasteiger partial charge in [0.25, 0.3) is 0 Å². The quantitative estimate of drug-likeness (QED) is 0.864. The smallest absolute Gasteiger partial charge is 0.329 e. The van der Waals surface area contributed by atoms with Crippen molar-refractivity contribution >= 4 is 23.5 Å². The van der Waals surface area contributed by atoms with Gasteiger partial charge in [-0.25, -0.2) is 4.79 Å². The molecule has 2 unspecified atom stereocenters. The van der Waals surface area contributed by atoms with Gasteiger partial charge in [-0.3, -0.25) is 4.79 Å². The number of methoxy groups -OCH3 is 1. The Hall–Kier alpha value is -1.75. The van der Waals surface area contributed by atoms with Gasteiger partial charge in [-0.2, -0.15) is 0 Å². The molecule has 1 saturated carbocycles. The average Bonchev–Trinajstić information content (AvgIpc) is 2.49. The third-order valence-electron chi connectivity index (χ3n) is 4.40. The Morgan fingerprint density at radius 3 is 2.78 bits per heavy atom. The number of hydrogen-bond donors (Lipinski definition) is 2. The van der Waals surface area contributed by atoms with Crippen LogP contribution in [0.4, 0.5) is 0 Å². The molecule has 1 aliphatic carbocycles. The normalized spacial score (nSPS) is 24.0. The van der Waals surface area contributed by atoms with Gasteiger partial charge in [-0.05, 0) is 36.5 Å². The first-order valence-electron chi connectivity index (χ1n) is 7.73. The van der Waals surface area contributed by atoms with Gasteiger partial charge in [0.2, 0.25) is 5.91 Å². The van der Waals surface area contributed by atoms with E-state index in [0.29, 0.717) is 29.2 Å². The van der Waals surface area contributed by atoms with E-state index in [0.717, 1.165) is 12.8 Å². The van der Waals surface area contributed by atoms with Crippen molar-refractivity contribution in [3.63, 3.8) is 0 Å². The molecule has 1 aromatic rings. The molecule has 23 heavy (non-hydrogen) atoms. The number of benzene rings is 1. The molecule has 0 radical (unpaired) electrons. The molecule has 2 N–H and O–H groups in total. The lowest BCUT2D eigenvalue weighted by Gasteiger charge is -2.37. The molecule has 2 rings (SSSR count). The van der Waals surface area contributed by atoms with Crippen molar-refractivity contribution < 1.29 is 19.4 Å². The van der Waals surface area contributed by atoms with Gasteiger partial charge in [0, 0.05) is 5.02 Å². The molecule has 0 aliphatic heterocycles. The van der Waals surface area contributed by atoms with Gasteiger partial charge in [-0.1, -0.05) is 37.4 Å². The van der Waals surface area contributed by atoms with Crippen LogP contribution in [0.3, 0.4) is 0 Å². The SMILES string of the molecule is COc1ccc(CC(=O)NC2(C(=O)O)CCCC(C)C2)c(Cl)c1. The average molecular weight is 340 g/mol. The summed E-state index contributed by atoms with van der Waals surface area (Å²) in [7, 11) is 1.54. The van der Waals surface area contributed by atoms with Crippen LogP contribution in [0, 0.1) is 5.92 Å². The summed E-state index contributed by atoms with van der Waals surface area (Å²) in [6.07, 6.45) is 2.78. The Bertz CT molecular complexity index is 604. The van der Waals surface area contributed by atoms with Crippen LogP contribution in [0.1, 0.15) is 38.2 Å². The lowest BCUT2D eigenvalue weighted by Crippen LogP contribution is -2.57. The van der Waals surface area contributed by atoms with Crippen LogP contribution in [0.5, 0.6) is 5.75 Å². The molecule has 2 atom stereocenters. The van der Waals surface area contributed by atoms with E-state index in [4.69, 9.17) is 16.3 Å². The minimum atomic E-state index is -1.16. The predicted octanol–water partition coefficient (Wildman–Crippen LogP) is 3.04. The van der Waals surface area contributed by atoms with Gasteiger partial charge in [0.15, 0.2) is 0 Å². The van der Waals surface area contributed by atoms with Crippen LogP contribution < -0.4 is 10.1 Å². The van der Waals surface area contributed by atoms with E-state index in [9.17, 15) is 14.7 Å². The number of carboxylic acid groups (broad SMARTS) is 1. The Morgan fingerprint density at radius 2 is 2.22 bits per heavy atom. The van der Waals surface area contributed by atoms with Crippen LogP contribution in [-0.2, 0) is 16.0 Å². The summed E-state index contributed by atoms with van der Waals surface area (Å²) in [6.45, 7) is 2.02. The summed E-state index contributed by atoms with van der Waals surface area (Å²) in [6, 6.07) is 5.08. The summed E-state index contributed by atoms with van der Waals surface area (Å²) in [5.74, 6) is -0.390. The van der Waals surface area contributed by atoms with Crippen LogP contribution in [0.25, 0.3) is 0 Å². The first-order valence-corrected chi connectivity index (χ1v) is 8.11. The Labute approximate surface area is 141 Å². The number of aliphatic carboxylic acids is 1. The third-order valence-corrected chi connectivity index (χ3v) is 4.75. The zero-order chi connectivity index (χ0) is 17.0. The number of carbonyl (C=O) groups is 2. The second-order valence-corrected chi connectivity index (χ2v) is 6.68. The maximum atomic E-state index is 12.3. The highest BCUT2D eigenvalue weighted by Gasteiger charge is 2.43. The molecule has 1 aliphatic rings. The summed E-state index contributed by atoms with van der Waals surface area (Å²) in [4.78, 5) is 24.0. The first-order chi connectivity index (χ1) is 10.9. The molecular formula is C17H22ClNO4. The molecule has 126 valence electrons. The zero-order valence-electron chi connectivity index (χ0n) is 13.4. The van der Waals surface area contributed by atoms with Gasteiger partial charge in [0.05, 0.1) is 13.5 Å². The number of carboxylic acids is 1. The van der Waals surface area contributed by atoms with Crippen molar-refractivity contribution in [3.8, 4) is 5.75 Å². The number of amides is 1. The van der Waals surface area contributed by atoms with Crippen molar-refractivity contribution in [1.82, 2.24) is 5.32 Å². The molecule has 1 amide bonds. The number of carbonyl (C=O) groups excluding carboxylic acids is 1. The third kappa shape index (κ3) is 4.16. The van der Waals surface area contributed by atoms with Crippen molar-refractivity contribution in [2.24, 2.45) is 5.92 Å². The number of nitrogens with one attached hydrogen (secondary N) is 1. The maximum Gasteiger partial charge on any atom is 0.329 e. The number of halogens is 1. The largest absolute Gasteiger partial charge is 0.497 e.